The number of carbonyl (C=O) groups is 1. The second kappa shape index (κ2) is 8.68. The molecule has 2 N–H and O–H groups in total. The first-order valence-electron chi connectivity index (χ1n) is 8.31. The molecule has 1 heterocycles. The first-order chi connectivity index (χ1) is 13.1. The van der Waals surface area contributed by atoms with E-state index in [1.54, 1.807) is 32.2 Å². The maximum absolute atomic E-state index is 13.8. The minimum atomic E-state index is -0.396. The van der Waals surface area contributed by atoms with E-state index >= 15 is 0 Å². The monoisotopic (exact) mass is 386 g/mol. The van der Waals surface area contributed by atoms with Gasteiger partial charge in [0.2, 0.25) is 11.1 Å². The molecule has 0 saturated carbocycles. The Labute approximate surface area is 160 Å². The van der Waals surface area contributed by atoms with Gasteiger partial charge in [-0.05, 0) is 36.8 Å². The number of hydrogen-bond donors (Lipinski definition) is 2. The highest BCUT2D eigenvalue weighted by Gasteiger charge is 2.18. The maximum Gasteiger partial charge on any atom is 0.233 e. The van der Waals surface area contributed by atoms with Crippen molar-refractivity contribution in [3.8, 4) is 17.1 Å². The molecule has 140 valence electrons. The van der Waals surface area contributed by atoms with Gasteiger partial charge in [0.05, 0.1) is 17.9 Å². The van der Waals surface area contributed by atoms with Crippen molar-refractivity contribution in [2.75, 3.05) is 7.11 Å². The number of aromatic nitrogens is 3. The van der Waals surface area contributed by atoms with Crippen molar-refractivity contribution in [3.05, 3.63) is 59.9 Å². The Balaban J connectivity index is 1.56. The molecular formula is C19H19FN4O2S. The largest absolute Gasteiger partial charge is 0.497 e. The van der Waals surface area contributed by atoms with Crippen molar-refractivity contribution in [2.45, 2.75) is 23.9 Å². The summed E-state index contributed by atoms with van der Waals surface area (Å²) in [7, 11) is 1.61. The van der Waals surface area contributed by atoms with Crippen molar-refractivity contribution < 1.29 is 13.9 Å². The topological polar surface area (TPSA) is 79.9 Å². The van der Waals surface area contributed by atoms with Crippen molar-refractivity contribution in [2.24, 2.45) is 0 Å². The molecule has 0 aliphatic carbocycles. The zero-order valence-electron chi connectivity index (χ0n) is 14.9. The van der Waals surface area contributed by atoms with E-state index in [0.717, 1.165) is 11.3 Å². The molecule has 0 unspecified atom stereocenters. The SMILES string of the molecule is COc1ccc(CNC(=O)[C@H](C)Sc2n[nH]c(-c3ccccc3F)n2)cc1. The van der Waals surface area contributed by atoms with E-state index in [-0.39, 0.29) is 11.7 Å². The molecule has 1 aromatic heterocycles. The van der Waals surface area contributed by atoms with E-state index in [9.17, 15) is 9.18 Å². The highest BCUT2D eigenvalue weighted by atomic mass is 32.2. The lowest BCUT2D eigenvalue weighted by atomic mass is 10.2. The predicted octanol–water partition coefficient (Wildman–Crippen LogP) is 3.42. The molecular weight excluding hydrogens is 367 g/mol. The molecule has 3 aromatic rings. The second-order valence-corrected chi connectivity index (χ2v) is 7.08. The van der Waals surface area contributed by atoms with Crippen molar-refractivity contribution in [3.63, 3.8) is 0 Å². The van der Waals surface area contributed by atoms with Crippen LogP contribution in [0.25, 0.3) is 11.4 Å². The highest BCUT2D eigenvalue weighted by Crippen LogP contribution is 2.24. The summed E-state index contributed by atoms with van der Waals surface area (Å²) in [5.41, 5.74) is 1.31. The Morgan fingerprint density at radius 2 is 2.00 bits per heavy atom. The van der Waals surface area contributed by atoms with Gasteiger partial charge >= 0.3 is 0 Å². The first kappa shape index (κ1) is 18.9. The lowest BCUT2D eigenvalue weighted by Gasteiger charge is -2.10. The molecule has 3 rings (SSSR count). The fourth-order valence-corrected chi connectivity index (χ4v) is 3.11. The van der Waals surface area contributed by atoms with Crippen LogP contribution in [0.15, 0.2) is 53.7 Å². The Morgan fingerprint density at radius 1 is 1.26 bits per heavy atom. The molecule has 0 bridgehead atoms. The van der Waals surface area contributed by atoms with Gasteiger partial charge < -0.3 is 10.1 Å². The smallest absolute Gasteiger partial charge is 0.233 e. The molecule has 0 aliphatic rings. The number of rotatable bonds is 7. The molecule has 8 heteroatoms. The third kappa shape index (κ3) is 4.85. The van der Waals surface area contributed by atoms with Gasteiger partial charge in [-0.25, -0.2) is 9.37 Å². The van der Waals surface area contributed by atoms with Crippen LogP contribution in [0.2, 0.25) is 0 Å². The number of carbonyl (C=O) groups excluding carboxylic acids is 1. The molecule has 27 heavy (non-hydrogen) atoms. The normalized spacial score (nSPS) is 11.8. The molecule has 1 atom stereocenters. The van der Waals surface area contributed by atoms with Crippen LogP contribution in [0.5, 0.6) is 5.75 Å². The van der Waals surface area contributed by atoms with Gasteiger partial charge in [-0.15, -0.1) is 5.10 Å². The number of nitrogens with zero attached hydrogens (tertiary/aromatic N) is 2. The Bertz CT molecular complexity index is 914. The Morgan fingerprint density at radius 3 is 2.70 bits per heavy atom. The summed E-state index contributed by atoms with van der Waals surface area (Å²) in [4.78, 5) is 16.6. The number of hydrogen-bond acceptors (Lipinski definition) is 5. The molecule has 0 radical (unpaired) electrons. The summed E-state index contributed by atoms with van der Waals surface area (Å²) < 4.78 is 18.9. The summed E-state index contributed by atoms with van der Waals surface area (Å²) in [6.45, 7) is 2.19. The van der Waals surface area contributed by atoms with E-state index < -0.39 is 5.25 Å². The van der Waals surface area contributed by atoms with Crippen molar-refractivity contribution >= 4 is 17.7 Å². The fraction of sp³-hybridized carbons (Fsp3) is 0.211. The minimum absolute atomic E-state index is 0.131. The number of aromatic amines is 1. The van der Waals surface area contributed by atoms with Gasteiger partial charge in [-0.1, -0.05) is 36.0 Å². The van der Waals surface area contributed by atoms with E-state index in [0.29, 0.717) is 23.1 Å². The van der Waals surface area contributed by atoms with E-state index in [4.69, 9.17) is 4.74 Å². The number of ether oxygens (including phenoxy) is 1. The standard InChI is InChI=1S/C19H19FN4O2S/c1-12(18(25)21-11-13-7-9-14(26-2)10-8-13)27-19-22-17(23-24-19)15-5-3-4-6-16(15)20/h3-10,12H,11H2,1-2H3,(H,21,25)(H,22,23,24)/t12-/m0/s1. The van der Waals surface area contributed by atoms with Gasteiger partial charge in [0.1, 0.15) is 11.6 Å². The van der Waals surface area contributed by atoms with Crippen LogP contribution < -0.4 is 10.1 Å². The number of benzene rings is 2. The average molecular weight is 386 g/mol. The lowest BCUT2D eigenvalue weighted by molar-refractivity contribution is -0.120. The van der Waals surface area contributed by atoms with Crippen LogP contribution in [0, 0.1) is 5.82 Å². The number of H-pyrrole nitrogens is 1. The van der Waals surface area contributed by atoms with Gasteiger partial charge in [0.15, 0.2) is 5.82 Å². The summed E-state index contributed by atoms with van der Waals surface area (Å²) in [6, 6.07) is 13.8. The maximum atomic E-state index is 13.8. The average Bonchev–Trinajstić information content (AvgIpc) is 3.15. The third-order valence-electron chi connectivity index (χ3n) is 3.87. The molecule has 2 aromatic carbocycles. The zero-order chi connectivity index (χ0) is 19.2. The van der Waals surface area contributed by atoms with Crippen LogP contribution in [-0.2, 0) is 11.3 Å². The summed E-state index contributed by atoms with van der Waals surface area (Å²) in [5.74, 6) is 0.592. The zero-order valence-corrected chi connectivity index (χ0v) is 15.7. The van der Waals surface area contributed by atoms with Gasteiger partial charge in [0, 0.05) is 6.54 Å². The number of nitrogens with one attached hydrogen (secondary N) is 2. The summed E-state index contributed by atoms with van der Waals surface area (Å²) in [5, 5.41) is 9.64. The number of methoxy groups -OCH3 is 1. The second-order valence-electron chi connectivity index (χ2n) is 5.77. The third-order valence-corrected chi connectivity index (χ3v) is 4.83. The van der Waals surface area contributed by atoms with Crippen molar-refractivity contribution in [1.82, 2.24) is 20.5 Å². The molecule has 0 spiro atoms. The van der Waals surface area contributed by atoms with Crippen molar-refractivity contribution in [1.29, 1.82) is 0 Å². The van der Waals surface area contributed by atoms with E-state index in [1.165, 1.54) is 17.8 Å². The predicted molar refractivity (Wildman–Crippen MR) is 102 cm³/mol. The van der Waals surface area contributed by atoms with Gasteiger partial charge in [-0.3, -0.25) is 9.89 Å². The minimum Gasteiger partial charge on any atom is -0.497 e. The quantitative estimate of drug-likeness (QED) is 0.608. The fourth-order valence-electron chi connectivity index (χ4n) is 2.36. The molecule has 6 nitrogen and oxygen atoms in total. The summed E-state index contributed by atoms with van der Waals surface area (Å²) in [6.07, 6.45) is 0. The number of amides is 1. The van der Waals surface area contributed by atoms with Crippen LogP contribution in [0.3, 0.4) is 0 Å². The van der Waals surface area contributed by atoms with Gasteiger partial charge in [-0.2, -0.15) is 0 Å². The van der Waals surface area contributed by atoms with E-state index in [2.05, 4.69) is 20.5 Å². The summed E-state index contributed by atoms with van der Waals surface area (Å²) >= 11 is 1.21. The van der Waals surface area contributed by atoms with Gasteiger partial charge in [0.25, 0.3) is 0 Å². The lowest BCUT2D eigenvalue weighted by Crippen LogP contribution is -2.30. The molecule has 0 saturated heterocycles. The van der Waals surface area contributed by atoms with E-state index in [1.807, 2.05) is 24.3 Å². The molecule has 1 amide bonds. The van der Waals surface area contributed by atoms with Crippen LogP contribution in [-0.4, -0.2) is 33.4 Å². The Kier molecular flexibility index (Phi) is 6.08. The highest BCUT2D eigenvalue weighted by molar-refractivity contribution is 8.00. The molecule has 0 fully saturated rings. The Hall–Kier alpha value is -2.87. The first-order valence-corrected chi connectivity index (χ1v) is 9.19. The molecule has 0 aliphatic heterocycles. The number of halogens is 1. The van der Waals surface area contributed by atoms with Crippen LogP contribution in [0.1, 0.15) is 12.5 Å². The van der Waals surface area contributed by atoms with Crippen LogP contribution in [0.4, 0.5) is 4.39 Å². The van der Waals surface area contributed by atoms with Crippen LogP contribution >= 0.6 is 11.8 Å². The number of thioether (sulfide) groups is 1.